The molecule has 0 radical (unpaired) electrons. The summed E-state index contributed by atoms with van der Waals surface area (Å²) in [6, 6.07) is -0.528. The van der Waals surface area contributed by atoms with Crippen LogP contribution in [-0.4, -0.2) is 64.8 Å². The van der Waals surface area contributed by atoms with Crippen LogP contribution >= 0.6 is 11.8 Å². The van der Waals surface area contributed by atoms with Crippen molar-refractivity contribution in [2.45, 2.75) is 50.4 Å². The van der Waals surface area contributed by atoms with Crippen molar-refractivity contribution in [1.29, 1.82) is 0 Å². The lowest BCUT2D eigenvalue weighted by Gasteiger charge is -2.31. The van der Waals surface area contributed by atoms with Crippen molar-refractivity contribution in [1.82, 2.24) is 25.4 Å². The third-order valence-electron chi connectivity index (χ3n) is 5.17. The number of ether oxygens (including phenoxy) is 1. The number of rotatable bonds is 8. The normalized spacial score (nSPS) is 19.9. The van der Waals surface area contributed by atoms with Gasteiger partial charge in [-0.15, -0.1) is 16.8 Å². The first-order chi connectivity index (χ1) is 14.1. The summed E-state index contributed by atoms with van der Waals surface area (Å²) >= 11 is 1.28. The number of hydrogen-bond acceptors (Lipinski definition) is 7. The molecule has 0 aromatic carbocycles. The van der Waals surface area contributed by atoms with Gasteiger partial charge in [0.25, 0.3) is 0 Å². The molecule has 1 aromatic heterocycles. The number of carbonyl (C=O) groups excluding carboxylic acids is 2. The molecule has 160 valence electrons. The molecule has 1 unspecified atom stereocenters. The molecule has 9 nitrogen and oxygen atoms in total. The largest absolute Gasteiger partial charge is 0.376 e. The zero-order chi connectivity index (χ0) is 20.6. The lowest BCUT2D eigenvalue weighted by molar-refractivity contribution is -0.117. The Balaban J connectivity index is 1.64. The predicted molar refractivity (Wildman–Crippen MR) is 112 cm³/mol. The topological polar surface area (TPSA) is 101 Å². The molecule has 2 N–H and O–H groups in total. The molecule has 0 aliphatic carbocycles. The van der Waals surface area contributed by atoms with Crippen molar-refractivity contribution in [2.24, 2.45) is 5.92 Å². The number of piperidine rings is 1. The van der Waals surface area contributed by atoms with Crippen molar-refractivity contribution >= 4 is 29.6 Å². The van der Waals surface area contributed by atoms with Gasteiger partial charge >= 0.3 is 6.03 Å². The highest BCUT2D eigenvalue weighted by Gasteiger charge is 2.26. The summed E-state index contributed by atoms with van der Waals surface area (Å²) in [6.45, 7) is 9.48. The summed E-state index contributed by atoms with van der Waals surface area (Å²) in [7, 11) is 0. The monoisotopic (exact) mass is 422 g/mol. The molecule has 1 aromatic rings. The fourth-order valence-corrected chi connectivity index (χ4v) is 4.23. The molecule has 2 saturated heterocycles. The Bertz CT molecular complexity index is 711. The van der Waals surface area contributed by atoms with Gasteiger partial charge < -0.3 is 15.0 Å². The van der Waals surface area contributed by atoms with Crippen LogP contribution in [0.15, 0.2) is 17.8 Å². The minimum Gasteiger partial charge on any atom is -0.376 e. The second-order valence-corrected chi connectivity index (χ2v) is 8.48. The predicted octanol–water partition coefficient (Wildman–Crippen LogP) is 1.80. The van der Waals surface area contributed by atoms with E-state index < -0.39 is 6.03 Å². The van der Waals surface area contributed by atoms with Gasteiger partial charge in [-0.25, -0.2) is 4.79 Å². The molecule has 2 aliphatic rings. The van der Waals surface area contributed by atoms with E-state index in [4.69, 9.17) is 4.74 Å². The summed E-state index contributed by atoms with van der Waals surface area (Å²) in [5.41, 5.74) is 0. The van der Waals surface area contributed by atoms with E-state index in [0.29, 0.717) is 18.2 Å². The molecular formula is C19H30N6O3S. The Morgan fingerprint density at radius 3 is 2.79 bits per heavy atom. The Hall–Kier alpha value is -2.07. The highest BCUT2D eigenvalue weighted by Crippen LogP contribution is 2.27. The van der Waals surface area contributed by atoms with Crippen LogP contribution in [0.2, 0.25) is 0 Å². The number of hydrogen-bond donors (Lipinski definition) is 2. The van der Waals surface area contributed by atoms with Gasteiger partial charge in [-0.1, -0.05) is 24.8 Å². The van der Waals surface area contributed by atoms with Gasteiger partial charge in [-0.05, 0) is 31.6 Å². The summed E-state index contributed by atoms with van der Waals surface area (Å²) in [5, 5.41) is 14.3. The average molecular weight is 423 g/mol. The third-order valence-corrected chi connectivity index (χ3v) is 6.13. The number of amides is 3. The van der Waals surface area contributed by atoms with Crippen molar-refractivity contribution in [2.75, 3.05) is 36.9 Å². The molecule has 0 bridgehead atoms. The molecule has 2 fully saturated rings. The van der Waals surface area contributed by atoms with Crippen LogP contribution in [0.4, 0.5) is 10.7 Å². The molecule has 0 saturated carbocycles. The van der Waals surface area contributed by atoms with Crippen LogP contribution in [0.1, 0.15) is 32.6 Å². The highest BCUT2D eigenvalue weighted by molar-refractivity contribution is 7.99. The van der Waals surface area contributed by atoms with Crippen LogP contribution in [-0.2, 0) is 16.1 Å². The Labute approximate surface area is 175 Å². The Morgan fingerprint density at radius 2 is 2.10 bits per heavy atom. The van der Waals surface area contributed by atoms with Gasteiger partial charge in [-0.2, -0.15) is 0 Å². The SMILES string of the molecule is C=CCNC(=O)NC(=O)CSc1nnc(N2CCC(C)CC2)n1CC1CCCO1. The maximum atomic E-state index is 12.1. The van der Waals surface area contributed by atoms with Gasteiger partial charge in [0.1, 0.15) is 0 Å². The number of nitrogens with zero attached hydrogens (tertiary/aromatic N) is 4. The molecule has 1 atom stereocenters. The first-order valence-electron chi connectivity index (χ1n) is 10.2. The van der Waals surface area contributed by atoms with Crippen LogP contribution in [0.25, 0.3) is 0 Å². The molecule has 3 amide bonds. The van der Waals surface area contributed by atoms with Crippen molar-refractivity contribution in [3.05, 3.63) is 12.7 Å². The van der Waals surface area contributed by atoms with E-state index in [2.05, 4.69) is 43.8 Å². The third kappa shape index (κ3) is 6.20. The first-order valence-corrected chi connectivity index (χ1v) is 11.2. The minimum atomic E-state index is -0.528. The second-order valence-electron chi connectivity index (χ2n) is 7.53. The fraction of sp³-hybridized carbons (Fsp3) is 0.684. The summed E-state index contributed by atoms with van der Waals surface area (Å²) in [6.07, 6.45) is 6.05. The van der Waals surface area contributed by atoms with Crippen molar-refractivity contribution in [3.8, 4) is 0 Å². The number of nitrogens with one attached hydrogen (secondary N) is 2. The van der Waals surface area contributed by atoms with Gasteiger partial charge in [0.15, 0.2) is 5.16 Å². The van der Waals surface area contributed by atoms with Gasteiger partial charge in [0.2, 0.25) is 11.9 Å². The summed E-state index contributed by atoms with van der Waals surface area (Å²) < 4.78 is 7.88. The van der Waals surface area contributed by atoms with Gasteiger partial charge in [0.05, 0.1) is 18.4 Å². The number of carbonyl (C=O) groups is 2. The van der Waals surface area contributed by atoms with Crippen molar-refractivity contribution < 1.29 is 14.3 Å². The summed E-state index contributed by atoms with van der Waals surface area (Å²) in [4.78, 5) is 26.0. The van der Waals surface area contributed by atoms with E-state index in [0.717, 1.165) is 57.2 Å². The van der Waals surface area contributed by atoms with E-state index in [9.17, 15) is 9.59 Å². The summed E-state index contributed by atoms with van der Waals surface area (Å²) in [5.74, 6) is 1.28. The number of anilines is 1. The fourth-order valence-electron chi connectivity index (χ4n) is 3.48. The van der Waals surface area contributed by atoms with Crippen LogP contribution < -0.4 is 15.5 Å². The molecule has 3 heterocycles. The number of imide groups is 1. The van der Waals surface area contributed by atoms with Gasteiger partial charge in [0, 0.05) is 26.2 Å². The lowest BCUT2D eigenvalue weighted by Crippen LogP contribution is -2.40. The zero-order valence-electron chi connectivity index (χ0n) is 16.9. The molecule has 0 spiro atoms. The van der Waals surface area contributed by atoms with E-state index in [1.54, 1.807) is 6.08 Å². The molecule has 2 aliphatic heterocycles. The average Bonchev–Trinajstić information content (AvgIpc) is 3.36. The quantitative estimate of drug-likeness (QED) is 0.486. The van der Waals surface area contributed by atoms with Crippen LogP contribution in [0.3, 0.4) is 0 Å². The Kier molecular flexibility index (Phi) is 7.93. The molecule has 29 heavy (non-hydrogen) atoms. The maximum Gasteiger partial charge on any atom is 0.321 e. The Morgan fingerprint density at radius 1 is 1.31 bits per heavy atom. The highest BCUT2D eigenvalue weighted by atomic mass is 32.2. The maximum absolute atomic E-state index is 12.1. The minimum absolute atomic E-state index is 0.0855. The molecule has 10 heteroatoms. The molecular weight excluding hydrogens is 392 g/mol. The zero-order valence-corrected chi connectivity index (χ0v) is 17.7. The number of aromatic nitrogens is 3. The standard InChI is InChI=1S/C19H30N6O3S/c1-3-8-20-17(27)21-16(26)13-29-19-23-22-18(24-9-6-14(2)7-10-24)25(19)12-15-5-4-11-28-15/h3,14-15H,1,4-13H2,2H3,(H2,20,21,26,27). The lowest BCUT2D eigenvalue weighted by atomic mass is 10.00. The first kappa shape index (κ1) is 21.6. The van der Waals surface area contributed by atoms with Gasteiger partial charge in [-0.3, -0.25) is 14.7 Å². The number of thioether (sulfide) groups is 1. The number of urea groups is 1. The smallest absolute Gasteiger partial charge is 0.321 e. The van der Waals surface area contributed by atoms with Crippen molar-refractivity contribution in [3.63, 3.8) is 0 Å². The molecule has 3 rings (SSSR count). The van der Waals surface area contributed by atoms with E-state index in [1.807, 2.05) is 0 Å². The second kappa shape index (κ2) is 10.6. The van der Waals surface area contributed by atoms with E-state index in [-0.39, 0.29) is 17.8 Å². The van der Waals surface area contributed by atoms with Crippen LogP contribution in [0, 0.1) is 5.92 Å². The van der Waals surface area contributed by atoms with E-state index in [1.165, 1.54) is 11.8 Å². The van der Waals surface area contributed by atoms with E-state index >= 15 is 0 Å². The van der Waals surface area contributed by atoms with Crippen LogP contribution in [0.5, 0.6) is 0 Å².